The van der Waals surface area contributed by atoms with Gasteiger partial charge in [-0.05, 0) is 50.9 Å². The molecule has 128 valence electrons. The summed E-state index contributed by atoms with van der Waals surface area (Å²) in [5.41, 5.74) is -0.290. The van der Waals surface area contributed by atoms with E-state index in [1.54, 1.807) is 6.26 Å². The molecule has 2 fully saturated rings. The summed E-state index contributed by atoms with van der Waals surface area (Å²) in [5, 5.41) is 12.7. The van der Waals surface area contributed by atoms with Gasteiger partial charge in [0.2, 0.25) is 5.91 Å². The minimum atomic E-state index is -0.290. The predicted octanol–water partition coefficient (Wildman–Crippen LogP) is 1.96. The van der Waals surface area contributed by atoms with Crippen molar-refractivity contribution in [3.05, 3.63) is 24.2 Å². The first-order chi connectivity index (χ1) is 11.2. The highest BCUT2D eigenvalue weighted by atomic mass is 16.3. The molecular weight excluding hydrogens is 292 g/mol. The van der Waals surface area contributed by atoms with E-state index in [-0.39, 0.29) is 24.0 Å². The van der Waals surface area contributed by atoms with Crippen molar-refractivity contribution in [2.24, 2.45) is 5.92 Å². The van der Waals surface area contributed by atoms with E-state index in [9.17, 15) is 9.90 Å². The van der Waals surface area contributed by atoms with E-state index in [1.165, 1.54) is 12.8 Å². The van der Waals surface area contributed by atoms with Gasteiger partial charge < -0.3 is 14.8 Å². The molecule has 2 aliphatic rings. The number of rotatable bonds is 7. The van der Waals surface area contributed by atoms with Crippen LogP contribution in [0.25, 0.3) is 0 Å². The molecule has 1 unspecified atom stereocenters. The Balaban J connectivity index is 1.58. The Hall–Kier alpha value is -1.33. The molecule has 23 heavy (non-hydrogen) atoms. The van der Waals surface area contributed by atoms with Gasteiger partial charge in [-0.2, -0.15) is 0 Å². The molecule has 1 aromatic rings. The zero-order valence-electron chi connectivity index (χ0n) is 13.8. The van der Waals surface area contributed by atoms with Gasteiger partial charge in [0, 0.05) is 25.5 Å². The third-order valence-electron chi connectivity index (χ3n) is 5.44. The second-order valence-corrected chi connectivity index (χ2v) is 6.97. The second-order valence-electron chi connectivity index (χ2n) is 6.97. The van der Waals surface area contributed by atoms with Crippen molar-refractivity contribution in [2.45, 2.75) is 50.5 Å². The molecule has 2 N–H and O–H groups in total. The predicted molar refractivity (Wildman–Crippen MR) is 88.0 cm³/mol. The summed E-state index contributed by atoms with van der Waals surface area (Å²) >= 11 is 0. The molecule has 1 saturated heterocycles. The Bertz CT molecular complexity index is 488. The Kier molecular flexibility index (Phi) is 5.38. The van der Waals surface area contributed by atoms with Gasteiger partial charge >= 0.3 is 0 Å². The standard InChI is InChI=1S/C18H28N2O3/c21-14-15(12-16-6-5-11-23-16)13-19-17(22)18(7-1-2-8-18)20-9-3-4-10-20/h5-6,11,15,21H,1-4,7-10,12-14H2,(H,19,22). The summed E-state index contributed by atoms with van der Waals surface area (Å²) in [6.45, 7) is 2.65. The lowest BCUT2D eigenvalue weighted by molar-refractivity contribution is -0.133. The van der Waals surface area contributed by atoms with E-state index in [0.717, 1.165) is 44.5 Å². The highest BCUT2D eigenvalue weighted by Gasteiger charge is 2.46. The average molecular weight is 320 g/mol. The van der Waals surface area contributed by atoms with Crippen LogP contribution in [0, 0.1) is 5.92 Å². The number of nitrogens with one attached hydrogen (secondary N) is 1. The van der Waals surface area contributed by atoms with E-state index in [1.807, 2.05) is 12.1 Å². The lowest BCUT2D eigenvalue weighted by Gasteiger charge is -2.37. The van der Waals surface area contributed by atoms with Crippen LogP contribution in [0.2, 0.25) is 0 Å². The number of amides is 1. The minimum Gasteiger partial charge on any atom is -0.469 e. The number of nitrogens with zero attached hydrogens (tertiary/aromatic N) is 1. The minimum absolute atomic E-state index is 0.00197. The van der Waals surface area contributed by atoms with Crippen LogP contribution in [0.5, 0.6) is 0 Å². The van der Waals surface area contributed by atoms with Crippen molar-refractivity contribution in [3.8, 4) is 0 Å². The van der Waals surface area contributed by atoms with Gasteiger partial charge in [-0.3, -0.25) is 9.69 Å². The number of hydrogen-bond acceptors (Lipinski definition) is 4. The van der Waals surface area contributed by atoms with Crippen LogP contribution in [-0.4, -0.2) is 47.7 Å². The number of likely N-dealkylation sites (tertiary alicyclic amines) is 1. The molecule has 0 bridgehead atoms. The first-order valence-electron chi connectivity index (χ1n) is 8.91. The third kappa shape index (κ3) is 3.61. The van der Waals surface area contributed by atoms with Crippen molar-refractivity contribution in [3.63, 3.8) is 0 Å². The van der Waals surface area contributed by atoms with Crippen LogP contribution in [0.4, 0.5) is 0 Å². The Morgan fingerprint density at radius 1 is 1.30 bits per heavy atom. The summed E-state index contributed by atoms with van der Waals surface area (Å²) in [4.78, 5) is 15.3. The molecule has 1 saturated carbocycles. The fourth-order valence-electron chi connectivity index (χ4n) is 4.11. The van der Waals surface area contributed by atoms with Crippen molar-refractivity contribution in [2.75, 3.05) is 26.2 Å². The van der Waals surface area contributed by atoms with Crippen molar-refractivity contribution < 1.29 is 14.3 Å². The van der Waals surface area contributed by atoms with Crippen LogP contribution in [0.3, 0.4) is 0 Å². The molecule has 5 heteroatoms. The fourth-order valence-corrected chi connectivity index (χ4v) is 4.11. The van der Waals surface area contributed by atoms with Gasteiger partial charge in [0.15, 0.2) is 0 Å². The Labute approximate surface area is 138 Å². The van der Waals surface area contributed by atoms with Gasteiger partial charge in [0.05, 0.1) is 6.26 Å². The molecule has 2 heterocycles. The molecule has 1 amide bonds. The molecule has 1 atom stereocenters. The summed E-state index contributed by atoms with van der Waals surface area (Å²) in [6, 6.07) is 3.76. The topological polar surface area (TPSA) is 65.7 Å². The number of furan rings is 1. The van der Waals surface area contributed by atoms with Gasteiger partial charge in [-0.1, -0.05) is 12.8 Å². The maximum absolute atomic E-state index is 12.9. The van der Waals surface area contributed by atoms with Gasteiger partial charge in [0.1, 0.15) is 11.3 Å². The monoisotopic (exact) mass is 320 g/mol. The van der Waals surface area contributed by atoms with Crippen LogP contribution >= 0.6 is 0 Å². The van der Waals surface area contributed by atoms with Gasteiger partial charge in [-0.15, -0.1) is 0 Å². The van der Waals surface area contributed by atoms with Gasteiger partial charge in [-0.25, -0.2) is 0 Å². The summed E-state index contributed by atoms with van der Waals surface area (Å²) in [5.74, 6) is 1.02. The molecule has 0 spiro atoms. The maximum atomic E-state index is 12.9. The van der Waals surface area contributed by atoms with Crippen molar-refractivity contribution >= 4 is 5.91 Å². The molecule has 1 aliphatic heterocycles. The number of aliphatic hydroxyl groups excluding tert-OH is 1. The summed E-state index contributed by atoms with van der Waals surface area (Å²) in [6.07, 6.45) is 8.92. The molecule has 1 aromatic heterocycles. The van der Waals surface area contributed by atoms with E-state index >= 15 is 0 Å². The van der Waals surface area contributed by atoms with Crippen LogP contribution in [0.15, 0.2) is 22.8 Å². The number of carbonyl (C=O) groups is 1. The molecule has 0 aromatic carbocycles. The zero-order valence-corrected chi connectivity index (χ0v) is 13.8. The lowest BCUT2D eigenvalue weighted by Crippen LogP contribution is -2.57. The first kappa shape index (κ1) is 16.5. The fraction of sp³-hybridized carbons (Fsp3) is 0.722. The zero-order chi connectivity index (χ0) is 16.1. The Morgan fingerprint density at radius 3 is 2.65 bits per heavy atom. The first-order valence-corrected chi connectivity index (χ1v) is 8.91. The summed E-state index contributed by atoms with van der Waals surface area (Å²) < 4.78 is 5.34. The normalized spacial score (nSPS) is 22.3. The average Bonchev–Trinajstić information content (AvgIpc) is 3.33. The molecule has 5 nitrogen and oxygen atoms in total. The molecule has 3 rings (SSSR count). The van der Waals surface area contributed by atoms with Crippen LogP contribution in [0.1, 0.15) is 44.3 Å². The van der Waals surface area contributed by atoms with E-state index < -0.39 is 0 Å². The number of hydrogen-bond donors (Lipinski definition) is 2. The van der Waals surface area contributed by atoms with Crippen molar-refractivity contribution in [1.29, 1.82) is 0 Å². The van der Waals surface area contributed by atoms with Crippen LogP contribution in [-0.2, 0) is 11.2 Å². The second kappa shape index (κ2) is 7.49. The largest absolute Gasteiger partial charge is 0.469 e. The number of carbonyl (C=O) groups excluding carboxylic acids is 1. The quantitative estimate of drug-likeness (QED) is 0.806. The molecule has 1 aliphatic carbocycles. The van der Waals surface area contributed by atoms with E-state index in [0.29, 0.717) is 13.0 Å². The third-order valence-corrected chi connectivity index (χ3v) is 5.44. The summed E-state index contributed by atoms with van der Waals surface area (Å²) in [7, 11) is 0. The van der Waals surface area contributed by atoms with Crippen LogP contribution < -0.4 is 5.32 Å². The highest BCUT2D eigenvalue weighted by molar-refractivity contribution is 5.86. The Morgan fingerprint density at radius 2 is 2.04 bits per heavy atom. The van der Waals surface area contributed by atoms with E-state index in [2.05, 4.69) is 10.2 Å². The van der Waals surface area contributed by atoms with Gasteiger partial charge in [0.25, 0.3) is 0 Å². The smallest absolute Gasteiger partial charge is 0.240 e. The molecular formula is C18H28N2O3. The number of aliphatic hydroxyl groups is 1. The SMILES string of the molecule is O=C(NCC(CO)Cc1ccco1)C1(N2CCCC2)CCCC1. The van der Waals surface area contributed by atoms with E-state index in [4.69, 9.17) is 4.42 Å². The molecule has 0 radical (unpaired) electrons. The highest BCUT2D eigenvalue weighted by Crippen LogP contribution is 2.37. The van der Waals surface area contributed by atoms with Crippen molar-refractivity contribution in [1.82, 2.24) is 10.2 Å². The maximum Gasteiger partial charge on any atom is 0.240 e. The lowest BCUT2D eigenvalue weighted by atomic mass is 9.93.